The summed E-state index contributed by atoms with van der Waals surface area (Å²) in [6.07, 6.45) is -0.162. The summed E-state index contributed by atoms with van der Waals surface area (Å²) < 4.78 is 24.1. The molecule has 0 spiro atoms. The fourth-order valence-corrected chi connectivity index (χ4v) is 4.28. The van der Waals surface area contributed by atoms with Gasteiger partial charge in [0.15, 0.2) is 17.9 Å². The highest BCUT2D eigenvalue weighted by atomic mass is 19.1. The molecule has 1 aliphatic rings. The smallest absolute Gasteiger partial charge is 0.411 e. The Hall–Kier alpha value is -4.92. The number of benzene rings is 3. The normalized spacial score (nSPS) is 16.7. The van der Waals surface area contributed by atoms with Crippen LogP contribution in [-0.2, 0) is 22.6 Å². The molecule has 2 heterocycles. The molecule has 5 rings (SSSR count). The standard InChI is InChI=1S/C29H24FN3O5/c30-22-13-11-19(12-14-22)17-31-28(35)25-26(38-29(36)33(25)18-20-6-2-1-3-7-20)21-8-4-9-23(16-21)32-27(34)24-10-5-15-37-24/h1-16,25-26H,17-18H2,(H,31,35)(H,32,34). The predicted molar refractivity (Wildman–Crippen MR) is 136 cm³/mol. The van der Waals surface area contributed by atoms with Gasteiger partial charge in [-0.3, -0.25) is 14.5 Å². The monoisotopic (exact) mass is 513 g/mol. The van der Waals surface area contributed by atoms with E-state index in [0.29, 0.717) is 16.8 Å². The van der Waals surface area contributed by atoms with Crippen LogP contribution in [0.2, 0.25) is 0 Å². The fourth-order valence-electron chi connectivity index (χ4n) is 4.28. The van der Waals surface area contributed by atoms with Crippen molar-refractivity contribution in [2.75, 3.05) is 5.32 Å². The first-order valence-corrected chi connectivity index (χ1v) is 12.0. The van der Waals surface area contributed by atoms with Crippen LogP contribution < -0.4 is 10.6 Å². The minimum Gasteiger partial charge on any atom is -0.459 e. The largest absolute Gasteiger partial charge is 0.459 e. The number of ether oxygens (including phenoxy) is 1. The molecule has 2 N–H and O–H groups in total. The second-order valence-electron chi connectivity index (χ2n) is 8.76. The predicted octanol–water partition coefficient (Wildman–Crippen LogP) is 5.05. The first kappa shape index (κ1) is 24.8. The molecule has 38 heavy (non-hydrogen) atoms. The van der Waals surface area contributed by atoms with Crippen LogP contribution in [0.25, 0.3) is 0 Å². The Morgan fingerprint density at radius 2 is 1.68 bits per heavy atom. The Balaban J connectivity index is 1.40. The second kappa shape index (κ2) is 11.0. The van der Waals surface area contributed by atoms with Crippen molar-refractivity contribution in [1.29, 1.82) is 0 Å². The summed E-state index contributed by atoms with van der Waals surface area (Å²) in [5.41, 5.74) is 2.53. The van der Waals surface area contributed by atoms with Crippen molar-refractivity contribution in [2.45, 2.75) is 25.2 Å². The SMILES string of the molecule is O=C(Nc1cccc(C2OC(=O)N(Cc3ccccc3)C2C(=O)NCc2ccc(F)cc2)c1)c1ccco1. The van der Waals surface area contributed by atoms with E-state index < -0.39 is 30.1 Å². The number of carbonyl (C=O) groups excluding carboxylic acids is 3. The summed E-state index contributed by atoms with van der Waals surface area (Å²) in [5, 5.41) is 5.59. The molecule has 0 bridgehead atoms. The van der Waals surface area contributed by atoms with Crippen molar-refractivity contribution in [3.8, 4) is 0 Å². The van der Waals surface area contributed by atoms with Crippen LogP contribution in [0.3, 0.4) is 0 Å². The second-order valence-corrected chi connectivity index (χ2v) is 8.76. The highest BCUT2D eigenvalue weighted by molar-refractivity contribution is 6.02. The Labute approximate surface area is 218 Å². The molecule has 1 fully saturated rings. The number of halogens is 1. The van der Waals surface area contributed by atoms with E-state index in [0.717, 1.165) is 5.56 Å². The number of amides is 3. The first-order chi connectivity index (χ1) is 18.5. The maximum Gasteiger partial charge on any atom is 0.411 e. The summed E-state index contributed by atoms with van der Waals surface area (Å²) in [4.78, 5) is 40.3. The third-order valence-electron chi connectivity index (χ3n) is 6.15. The van der Waals surface area contributed by atoms with Gasteiger partial charge in [-0.25, -0.2) is 9.18 Å². The van der Waals surface area contributed by atoms with Crippen LogP contribution in [-0.4, -0.2) is 28.8 Å². The van der Waals surface area contributed by atoms with Gasteiger partial charge in [-0.05, 0) is 53.1 Å². The number of hydrogen-bond donors (Lipinski definition) is 2. The van der Waals surface area contributed by atoms with E-state index in [2.05, 4.69) is 10.6 Å². The number of furan rings is 1. The molecule has 0 aliphatic carbocycles. The van der Waals surface area contributed by atoms with Gasteiger partial charge in [0.1, 0.15) is 5.82 Å². The Morgan fingerprint density at radius 3 is 2.42 bits per heavy atom. The molecule has 0 radical (unpaired) electrons. The van der Waals surface area contributed by atoms with E-state index in [9.17, 15) is 18.8 Å². The van der Waals surface area contributed by atoms with Crippen LogP contribution in [0.4, 0.5) is 14.9 Å². The van der Waals surface area contributed by atoms with Crippen molar-refractivity contribution < 1.29 is 27.9 Å². The van der Waals surface area contributed by atoms with Gasteiger partial charge in [0.05, 0.1) is 12.8 Å². The Morgan fingerprint density at radius 1 is 0.895 bits per heavy atom. The van der Waals surface area contributed by atoms with Gasteiger partial charge in [-0.1, -0.05) is 54.6 Å². The molecule has 192 valence electrons. The van der Waals surface area contributed by atoms with Gasteiger partial charge in [-0.2, -0.15) is 0 Å². The zero-order chi connectivity index (χ0) is 26.5. The van der Waals surface area contributed by atoms with Crippen LogP contribution in [0.1, 0.15) is 33.3 Å². The van der Waals surface area contributed by atoms with Gasteiger partial charge >= 0.3 is 6.09 Å². The van der Waals surface area contributed by atoms with Gasteiger partial charge in [-0.15, -0.1) is 0 Å². The number of cyclic esters (lactones) is 1. The highest BCUT2D eigenvalue weighted by Gasteiger charge is 2.47. The molecule has 1 saturated heterocycles. The van der Waals surface area contributed by atoms with Crippen molar-refractivity contribution in [1.82, 2.24) is 10.2 Å². The van der Waals surface area contributed by atoms with Crippen LogP contribution >= 0.6 is 0 Å². The maximum atomic E-state index is 13.5. The van der Waals surface area contributed by atoms with E-state index in [1.54, 1.807) is 48.5 Å². The lowest BCUT2D eigenvalue weighted by Gasteiger charge is -2.24. The number of hydrogen-bond acceptors (Lipinski definition) is 5. The molecule has 3 aromatic carbocycles. The molecule has 0 saturated carbocycles. The summed E-state index contributed by atoms with van der Waals surface area (Å²) >= 11 is 0. The third kappa shape index (κ3) is 5.57. The quantitative estimate of drug-likeness (QED) is 0.343. The molecule has 3 amide bonds. The third-order valence-corrected chi connectivity index (χ3v) is 6.15. The molecule has 8 nitrogen and oxygen atoms in total. The molecule has 2 unspecified atom stereocenters. The number of nitrogens with one attached hydrogen (secondary N) is 2. The fraction of sp³-hybridized carbons (Fsp3) is 0.138. The number of rotatable bonds is 8. The van der Waals surface area contributed by atoms with Gasteiger partial charge in [0, 0.05) is 12.2 Å². The molecular formula is C29H24FN3O5. The van der Waals surface area contributed by atoms with E-state index in [4.69, 9.17) is 9.15 Å². The summed E-state index contributed by atoms with van der Waals surface area (Å²) in [6, 6.07) is 24.0. The first-order valence-electron chi connectivity index (χ1n) is 12.0. The maximum absolute atomic E-state index is 13.5. The zero-order valence-corrected chi connectivity index (χ0v) is 20.2. The lowest BCUT2D eigenvalue weighted by molar-refractivity contribution is -0.126. The lowest BCUT2D eigenvalue weighted by atomic mass is 10.00. The molecule has 2 atom stereocenters. The summed E-state index contributed by atoms with van der Waals surface area (Å²) in [5.74, 6) is -1.08. The van der Waals surface area contributed by atoms with E-state index >= 15 is 0 Å². The van der Waals surface area contributed by atoms with E-state index in [-0.39, 0.29) is 24.7 Å². The van der Waals surface area contributed by atoms with Gasteiger partial charge in [0.2, 0.25) is 5.91 Å². The van der Waals surface area contributed by atoms with Crippen LogP contribution in [0.5, 0.6) is 0 Å². The number of anilines is 1. The topological polar surface area (TPSA) is 101 Å². The molecular weight excluding hydrogens is 489 g/mol. The van der Waals surface area contributed by atoms with E-state index in [1.165, 1.54) is 23.3 Å². The minimum absolute atomic E-state index is 0.148. The Kier molecular flexibility index (Phi) is 7.17. The van der Waals surface area contributed by atoms with Crippen molar-refractivity contribution in [2.24, 2.45) is 0 Å². The zero-order valence-electron chi connectivity index (χ0n) is 20.2. The molecule has 1 aromatic heterocycles. The average Bonchev–Trinajstić information content (AvgIpc) is 3.58. The molecule has 9 heteroatoms. The van der Waals surface area contributed by atoms with E-state index in [1.807, 2.05) is 30.3 Å². The minimum atomic E-state index is -0.987. The number of carbonyl (C=O) groups is 3. The number of nitrogens with zero attached hydrogens (tertiary/aromatic N) is 1. The summed E-state index contributed by atoms with van der Waals surface area (Å²) in [6.45, 7) is 0.314. The van der Waals surface area contributed by atoms with Crippen molar-refractivity contribution >= 4 is 23.6 Å². The molecule has 4 aromatic rings. The lowest BCUT2D eigenvalue weighted by Crippen LogP contribution is -2.46. The van der Waals surface area contributed by atoms with Crippen molar-refractivity contribution in [3.05, 3.63) is 126 Å². The van der Waals surface area contributed by atoms with Crippen LogP contribution in [0.15, 0.2) is 102 Å². The van der Waals surface area contributed by atoms with Gasteiger partial charge < -0.3 is 19.8 Å². The van der Waals surface area contributed by atoms with Gasteiger partial charge in [0.25, 0.3) is 5.91 Å². The molecule has 1 aliphatic heterocycles. The summed E-state index contributed by atoms with van der Waals surface area (Å²) in [7, 11) is 0. The van der Waals surface area contributed by atoms with Crippen molar-refractivity contribution in [3.63, 3.8) is 0 Å². The Bertz CT molecular complexity index is 1420. The average molecular weight is 514 g/mol. The van der Waals surface area contributed by atoms with Crippen LogP contribution in [0, 0.1) is 5.82 Å². The highest BCUT2D eigenvalue weighted by Crippen LogP contribution is 2.35.